The molecule has 0 saturated heterocycles. The lowest BCUT2D eigenvalue weighted by atomic mass is 9.85. The van der Waals surface area contributed by atoms with Gasteiger partial charge in [-0.1, -0.05) is 41.4 Å². The minimum Gasteiger partial charge on any atom is -0.372 e. The number of fused-ring (bicyclic) bond motifs is 1. The Morgan fingerprint density at radius 1 is 0.897 bits per heavy atom. The van der Waals surface area contributed by atoms with Gasteiger partial charge in [0, 0.05) is 11.6 Å². The summed E-state index contributed by atoms with van der Waals surface area (Å²) in [4.78, 5) is 4.19. The van der Waals surface area contributed by atoms with Crippen molar-refractivity contribution in [3.63, 3.8) is 0 Å². The number of aliphatic hydroxyl groups is 1. The van der Waals surface area contributed by atoms with E-state index in [0.29, 0.717) is 16.7 Å². The van der Waals surface area contributed by atoms with Gasteiger partial charge in [-0.2, -0.15) is 18.3 Å². The fourth-order valence-corrected chi connectivity index (χ4v) is 3.43. The van der Waals surface area contributed by atoms with Crippen molar-refractivity contribution in [2.24, 2.45) is 0 Å². The Morgan fingerprint density at radius 2 is 1.62 bits per heavy atom. The zero-order valence-electron chi connectivity index (χ0n) is 14.5. The van der Waals surface area contributed by atoms with Gasteiger partial charge in [0.15, 0.2) is 5.82 Å². The standard InChI is InChI=1S/C20H12Cl2F3N3O/c21-15-6-4-14(10-16(15)22)19(29,20(23,24)25)13-5-7-17-12(9-13)11-27-28(17)18-3-1-2-8-26-18/h1-11,29H. The SMILES string of the molecule is OC(c1ccc(Cl)c(Cl)c1)(c1ccc2c(cnn2-c2ccccn2)c1)C(F)(F)F. The highest BCUT2D eigenvalue weighted by molar-refractivity contribution is 6.42. The average molecular weight is 438 g/mol. The molecule has 9 heteroatoms. The largest absolute Gasteiger partial charge is 0.425 e. The van der Waals surface area contributed by atoms with Crippen LogP contribution in [-0.2, 0) is 5.60 Å². The van der Waals surface area contributed by atoms with Crippen molar-refractivity contribution in [3.05, 3.63) is 88.2 Å². The predicted octanol–water partition coefficient (Wildman–Crippen LogP) is 5.53. The fourth-order valence-electron chi connectivity index (χ4n) is 3.13. The molecule has 0 aliphatic heterocycles. The Labute approximate surface area is 173 Å². The Bertz CT molecular complexity index is 1190. The third-order valence-corrected chi connectivity index (χ3v) is 5.34. The van der Waals surface area contributed by atoms with E-state index in [1.165, 1.54) is 35.1 Å². The molecule has 4 rings (SSSR count). The van der Waals surface area contributed by atoms with E-state index in [9.17, 15) is 18.3 Å². The second-order valence-corrected chi connectivity index (χ2v) is 7.17. The van der Waals surface area contributed by atoms with Crippen molar-refractivity contribution in [2.75, 3.05) is 0 Å². The fraction of sp³-hybridized carbons (Fsp3) is 0.100. The predicted molar refractivity (Wildman–Crippen MR) is 104 cm³/mol. The third-order valence-electron chi connectivity index (χ3n) is 4.60. The first-order valence-electron chi connectivity index (χ1n) is 8.36. The summed E-state index contributed by atoms with van der Waals surface area (Å²) >= 11 is 11.7. The molecule has 1 atom stereocenters. The first kappa shape index (κ1) is 19.7. The lowest BCUT2D eigenvalue weighted by Crippen LogP contribution is -2.43. The van der Waals surface area contributed by atoms with Crippen LogP contribution in [0, 0.1) is 0 Å². The number of alkyl halides is 3. The van der Waals surface area contributed by atoms with Crippen molar-refractivity contribution >= 4 is 34.1 Å². The van der Waals surface area contributed by atoms with E-state index < -0.39 is 17.3 Å². The van der Waals surface area contributed by atoms with E-state index in [0.717, 1.165) is 12.1 Å². The number of hydrogen-bond acceptors (Lipinski definition) is 3. The smallest absolute Gasteiger partial charge is 0.372 e. The monoisotopic (exact) mass is 437 g/mol. The lowest BCUT2D eigenvalue weighted by Gasteiger charge is -2.31. The molecule has 4 nitrogen and oxygen atoms in total. The Hall–Kier alpha value is -2.61. The van der Waals surface area contributed by atoms with Gasteiger partial charge in [0.2, 0.25) is 5.60 Å². The van der Waals surface area contributed by atoms with Crippen LogP contribution in [0.1, 0.15) is 11.1 Å². The minimum absolute atomic E-state index is 0.0871. The van der Waals surface area contributed by atoms with E-state index in [4.69, 9.17) is 23.2 Å². The second-order valence-electron chi connectivity index (χ2n) is 6.35. The molecule has 29 heavy (non-hydrogen) atoms. The molecular formula is C20H12Cl2F3N3O. The molecule has 0 amide bonds. The van der Waals surface area contributed by atoms with Gasteiger partial charge in [0.25, 0.3) is 0 Å². The van der Waals surface area contributed by atoms with Gasteiger partial charge in [-0.15, -0.1) is 0 Å². The average Bonchev–Trinajstić information content (AvgIpc) is 3.12. The number of hydrogen-bond donors (Lipinski definition) is 1. The molecule has 0 bridgehead atoms. The van der Waals surface area contributed by atoms with Crippen LogP contribution in [-0.4, -0.2) is 26.0 Å². The van der Waals surface area contributed by atoms with E-state index in [1.54, 1.807) is 24.4 Å². The summed E-state index contributed by atoms with van der Waals surface area (Å²) in [6.45, 7) is 0. The molecule has 2 aromatic heterocycles. The Balaban J connectivity index is 1.89. The van der Waals surface area contributed by atoms with Gasteiger partial charge in [-0.25, -0.2) is 9.67 Å². The number of nitrogens with zero attached hydrogens (tertiary/aromatic N) is 3. The van der Waals surface area contributed by atoms with Crippen LogP contribution < -0.4 is 0 Å². The second kappa shape index (κ2) is 7.02. The van der Waals surface area contributed by atoms with Gasteiger partial charge >= 0.3 is 6.18 Å². The molecule has 4 aromatic rings. The van der Waals surface area contributed by atoms with Gasteiger partial charge in [0.05, 0.1) is 21.8 Å². The third kappa shape index (κ3) is 3.25. The van der Waals surface area contributed by atoms with Crippen LogP contribution in [0.4, 0.5) is 13.2 Å². The highest BCUT2D eigenvalue weighted by Crippen LogP contribution is 2.46. The summed E-state index contributed by atoms with van der Waals surface area (Å²) < 4.78 is 43.6. The molecule has 2 aromatic carbocycles. The van der Waals surface area contributed by atoms with Gasteiger partial charge in [0.1, 0.15) is 0 Å². The zero-order chi connectivity index (χ0) is 20.8. The van der Waals surface area contributed by atoms with Crippen LogP contribution in [0.25, 0.3) is 16.7 Å². The Morgan fingerprint density at radius 3 is 2.28 bits per heavy atom. The molecular weight excluding hydrogens is 426 g/mol. The number of rotatable bonds is 3. The topological polar surface area (TPSA) is 50.9 Å². The van der Waals surface area contributed by atoms with Gasteiger partial charge in [-0.3, -0.25) is 0 Å². The molecule has 1 N–H and O–H groups in total. The molecule has 2 heterocycles. The van der Waals surface area contributed by atoms with Crippen LogP contribution in [0.15, 0.2) is 67.0 Å². The van der Waals surface area contributed by atoms with E-state index in [-0.39, 0.29) is 15.6 Å². The maximum Gasteiger partial charge on any atom is 0.425 e. The van der Waals surface area contributed by atoms with Gasteiger partial charge < -0.3 is 5.11 Å². The van der Waals surface area contributed by atoms with E-state index in [2.05, 4.69) is 10.1 Å². The molecule has 0 aliphatic carbocycles. The maximum atomic E-state index is 14.0. The maximum absolute atomic E-state index is 14.0. The number of halogens is 5. The van der Waals surface area contributed by atoms with Crippen molar-refractivity contribution in [1.82, 2.24) is 14.8 Å². The first-order valence-corrected chi connectivity index (χ1v) is 9.12. The zero-order valence-corrected chi connectivity index (χ0v) is 16.0. The number of aromatic nitrogens is 3. The number of pyridine rings is 1. The molecule has 0 spiro atoms. The van der Waals surface area contributed by atoms with Crippen LogP contribution in [0.2, 0.25) is 10.0 Å². The quantitative estimate of drug-likeness (QED) is 0.458. The van der Waals surface area contributed by atoms with Crippen LogP contribution in [0.5, 0.6) is 0 Å². The molecule has 0 aliphatic rings. The van der Waals surface area contributed by atoms with Crippen molar-refractivity contribution in [3.8, 4) is 5.82 Å². The summed E-state index contributed by atoms with van der Waals surface area (Å²) in [7, 11) is 0. The summed E-state index contributed by atoms with van der Waals surface area (Å²) in [6, 6.07) is 12.5. The lowest BCUT2D eigenvalue weighted by molar-refractivity contribution is -0.248. The van der Waals surface area contributed by atoms with Crippen molar-refractivity contribution in [2.45, 2.75) is 11.8 Å². The molecule has 1 unspecified atom stereocenters. The summed E-state index contributed by atoms with van der Waals surface area (Å²) in [5.41, 5.74) is -3.53. The van der Waals surface area contributed by atoms with E-state index in [1.807, 2.05) is 0 Å². The minimum atomic E-state index is -5.01. The number of benzene rings is 2. The highest BCUT2D eigenvalue weighted by atomic mass is 35.5. The van der Waals surface area contributed by atoms with Gasteiger partial charge in [-0.05, 0) is 47.5 Å². The molecule has 148 valence electrons. The van der Waals surface area contributed by atoms with E-state index >= 15 is 0 Å². The summed E-state index contributed by atoms with van der Waals surface area (Å²) in [5.74, 6) is 0.519. The molecule has 0 radical (unpaired) electrons. The summed E-state index contributed by atoms with van der Waals surface area (Å²) in [6.07, 6.45) is -2.00. The van der Waals surface area contributed by atoms with Crippen LogP contribution >= 0.6 is 23.2 Å². The molecule has 0 saturated carbocycles. The first-order chi connectivity index (χ1) is 13.7. The normalized spacial score (nSPS) is 14.1. The van der Waals surface area contributed by atoms with Crippen molar-refractivity contribution in [1.29, 1.82) is 0 Å². The summed E-state index contributed by atoms with van der Waals surface area (Å²) in [5, 5.41) is 15.4. The van der Waals surface area contributed by atoms with Crippen molar-refractivity contribution < 1.29 is 18.3 Å². The Kier molecular flexibility index (Phi) is 4.77. The molecule has 0 fully saturated rings. The highest BCUT2D eigenvalue weighted by Gasteiger charge is 2.56. The van der Waals surface area contributed by atoms with Crippen LogP contribution in [0.3, 0.4) is 0 Å².